The van der Waals surface area contributed by atoms with Crippen LogP contribution >= 0.6 is 0 Å². The first kappa shape index (κ1) is 17.8. The van der Waals surface area contributed by atoms with Crippen LogP contribution in [0.4, 0.5) is 24.5 Å². The first-order valence-electron chi connectivity index (χ1n) is 7.04. The van der Waals surface area contributed by atoms with Crippen LogP contribution in [0.2, 0.25) is 0 Å². The number of hydrogen-bond donors (Lipinski definition) is 2. The van der Waals surface area contributed by atoms with Gasteiger partial charge in [-0.15, -0.1) is 0 Å². The van der Waals surface area contributed by atoms with Crippen molar-refractivity contribution in [1.82, 2.24) is 0 Å². The maximum atomic E-state index is 12.7. The van der Waals surface area contributed by atoms with E-state index in [-0.39, 0.29) is 24.8 Å². The molecule has 2 N–H and O–H groups in total. The van der Waals surface area contributed by atoms with E-state index in [1.807, 2.05) is 0 Å². The quantitative estimate of drug-likeness (QED) is 0.593. The molecule has 2 aromatic rings. The third-order valence-electron chi connectivity index (χ3n) is 3.43. The molecule has 0 aliphatic carbocycles. The molecule has 6 nitrogen and oxygen atoms in total. The van der Waals surface area contributed by atoms with Crippen molar-refractivity contribution >= 4 is 11.4 Å². The van der Waals surface area contributed by atoms with Crippen molar-refractivity contribution in [2.24, 2.45) is 5.92 Å². The number of alkyl halides is 3. The molecule has 1 aromatic carbocycles. The fourth-order valence-corrected chi connectivity index (χ4v) is 2.18. The fourth-order valence-electron chi connectivity index (χ4n) is 2.18. The lowest BCUT2D eigenvalue weighted by Gasteiger charge is -2.15. The molecule has 0 bridgehead atoms. The number of halogens is 3. The lowest BCUT2D eigenvalue weighted by molar-refractivity contribution is -0.384. The van der Waals surface area contributed by atoms with Crippen molar-refractivity contribution in [2.45, 2.75) is 12.6 Å². The molecule has 130 valence electrons. The highest BCUT2D eigenvalue weighted by Crippen LogP contribution is 2.35. The molecule has 0 fully saturated rings. The number of aliphatic hydroxyl groups excluding tert-OH is 1. The first-order valence-corrected chi connectivity index (χ1v) is 7.04. The van der Waals surface area contributed by atoms with Gasteiger partial charge in [0, 0.05) is 31.6 Å². The van der Waals surface area contributed by atoms with E-state index in [1.165, 1.54) is 6.26 Å². The fraction of sp³-hybridized carbons (Fsp3) is 0.333. The van der Waals surface area contributed by atoms with Crippen LogP contribution in [-0.2, 0) is 12.6 Å². The molecule has 0 saturated carbocycles. The second-order valence-electron chi connectivity index (χ2n) is 5.20. The largest absolute Gasteiger partial charge is 0.469 e. The molecule has 1 heterocycles. The van der Waals surface area contributed by atoms with Gasteiger partial charge in [0.1, 0.15) is 11.4 Å². The van der Waals surface area contributed by atoms with Crippen LogP contribution in [-0.4, -0.2) is 23.2 Å². The van der Waals surface area contributed by atoms with Crippen LogP contribution in [0.3, 0.4) is 0 Å². The van der Waals surface area contributed by atoms with Crippen molar-refractivity contribution in [3.63, 3.8) is 0 Å². The van der Waals surface area contributed by atoms with Gasteiger partial charge in [0.2, 0.25) is 0 Å². The van der Waals surface area contributed by atoms with Crippen LogP contribution < -0.4 is 5.32 Å². The van der Waals surface area contributed by atoms with E-state index in [4.69, 9.17) is 4.42 Å². The number of nitro benzene ring substituents is 1. The summed E-state index contributed by atoms with van der Waals surface area (Å²) in [7, 11) is 0. The summed E-state index contributed by atoms with van der Waals surface area (Å²) in [6, 6.07) is 5.70. The molecule has 0 aliphatic heterocycles. The number of aliphatic hydroxyl groups is 1. The Hall–Kier alpha value is -2.55. The van der Waals surface area contributed by atoms with Gasteiger partial charge in [0.05, 0.1) is 16.7 Å². The van der Waals surface area contributed by atoms with Gasteiger partial charge in [0.25, 0.3) is 5.69 Å². The minimum Gasteiger partial charge on any atom is -0.469 e. The van der Waals surface area contributed by atoms with Crippen molar-refractivity contribution in [2.75, 3.05) is 18.5 Å². The highest BCUT2D eigenvalue weighted by molar-refractivity contribution is 5.63. The summed E-state index contributed by atoms with van der Waals surface area (Å²) in [5.74, 6) is 0.329. The van der Waals surface area contributed by atoms with E-state index in [9.17, 15) is 28.4 Å². The van der Waals surface area contributed by atoms with E-state index in [0.717, 1.165) is 12.1 Å². The summed E-state index contributed by atoms with van der Waals surface area (Å²) in [5.41, 5.74) is -1.79. The van der Waals surface area contributed by atoms with Gasteiger partial charge < -0.3 is 14.8 Å². The predicted octanol–water partition coefficient (Wildman–Crippen LogP) is 3.47. The Balaban J connectivity index is 2.12. The van der Waals surface area contributed by atoms with Gasteiger partial charge >= 0.3 is 6.18 Å². The number of hydrogen-bond acceptors (Lipinski definition) is 5. The Morgan fingerprint density at radius 1 is 1.33 bits per heavy atom. The normalized spacial score (nSPS) is 12.8. The van der Waals surface area contributed by atoms with Crippen LogP contribution in [0.15, 0.2) is 41.0 Å². The third kappa shape index (κ3) is 4.48. The van der Waals surface area contributed by atoms with Crippen LogP contribution in [0, 0.1) is 16.0 Å². The van der Waals surface area contributed by atoms with E-state index >= 15 is 0 Å². The topological polar surface area (TPSA) is 88.5 Å². The van der Waals surface area contributed by atoms with E-state index in [0.29, 0.717) is 18.2 Å². The molecule has 1 aromatic heterocycles. The SMILES string of the molecule is O=[N+]([O-])c1cc(C(F)(F)F)ccc1NC[C@@H](CO)Cc1ccco1. The smallest absolute Gasteiger partial charge is 0.416 e. The van der Waals surface area contributed by atoms with Gasteiger partial charge in [-0.05, 0) is 24.3 Å². The van der Waals surface area contributed by atoms with Crippen molar-refractivity contribution in [3.05, 3.63) is 58.0 Å². The molecule has 24 heavy (non-hydrogen) atoms. The molecule has 0 radical (unpaired) electrons. The van der Waals surface area contributed by atoms with Gasteiger partial charge in [-0.3, -0.25) is 10.1 Å². The maximum absolute atomic E-state index is 12.7. The van der Waals surface area contributed by atoms with Gasteiger partial charge in [-0.2, -0.15) is 13.2 Å². The van der Waals surface area contributed by atoms with Crippen LogP contribution in [0.25, 0.3) is 0 Å². The predicted molar refractivity (Wildman–Crippen MR) is 79.6 cm³/mol. The molecule has 0 spiro atoms. The summed E-state index contributed by atoms with van der Waals surface area (Å²) in [5, 5.41) is 23.1. The molecular formula is C15H15F3N2O4. The first-order chi connectivity index (χ1) is 11.3. The highest BCUT2D eigenvalue weighted by atomic mass is 19.4. The molecule has 9 heteroatoms. The number of anilines is 1. The summed E-state index contributed by atoms with van der Waals surface area (Å²) in [6.07, 6.45) is -2.78. The molecular weight excluding hydrogens is 329 g/mol. The summed E-state index contributed by atoms with van der Waals surface area (Å²) < 4.78 is 43.1. The lowest BCUT2D eigenvalue weighted by Crippen LogP contribution is -2.20. The Bertz CT molecular complexity index is 687. The number of benzene rings is 1. The van der Waals surface area contributed by atoms with Crippen LogP contribution in [0.1, 0.15) is 11.3 Å². The standard InChI is InChI=1S/C15H15F3N2O4/c16-15(17,18)11-3-4-13(14(7-11)20(22)23)19-8-10(9-21)6-12-2-1-5-24-12/h1-5,7,10,19,21H,6,8-9H2/t10-/m0/s1. The molecule has 0 amide bonds. The average Bonchev–Trinajstić information content (AvgIpc) is 3.03. The average molecular weight is 344 g/mol. The van der Waals surface area contributed by atoms with Gasteiger partial charge in [-0.1, -0.05) is 0 Å². The van der Waals surface area contributed by atoms with E-state index in [1.54, 1.807) is 12.1 Å². The van der Waals surface area contributed by atoms with E-state index < -0.39 is 22.4 Å². The number of rotatable bonds is 7. The molecule has 0 aliphatic rings. The molecule has 0 saturated heterocycles. The third-order valence-corrected chi connectivity index (χ3v) is 3.43. The summed E-state index contributed by atoms with van der Waals surface area (Å²) >= 11 is 0. The maximum Gasteiger partial charge on any atom is 0.416 e. The number of nitro groups is 1. The molecule has 2 rings (SSSR count). The summed E-state index contributed by atoms with van der Waals surface area (Å²) in [6.45, 7) is -0.0640. The Kier molecular flexibility index (Phi) is 5.45. The van der Waals surface area contributed by atoms with Crippen molar-refractivity contribution in [1.29, 1.82) is 0 Å². The van der Waals surface area contributed by atoms with Crippen molar-refractivity contribution in [3.8, 4) is 0 Å². The molecule has 0 unspecified atom stereocenters. The number of nitrogens with zero attached hydrogens (tertiary/aromatic N) is 1. The van der Waals surface area contributed by atoms with E-state index in [2.05, 4.69) is 5.32 Å². The van der Waals surface area contributed by atoms with Gasteiger partial charge in [-0.25, -0.2) is 0 Å². The minimum absolute atomic E-state index is 0.0362. The number of furan rings is 1. The Labute approximate surface area is 135 Å². The second-order valence-corrected chi connectivity index (χ2v) is 5.20. The zero-order chi connectivity index (χ0) is 17.7. The Morgan fingerprint density at radius 2 is 2.08 bits per heavy atom. The zero-order valence-electron chi connectivity index (χ0n) is 12.4. The minimum atomic E-state index is -4.66. The monoisotopic (exact) mass is 344 g/mol. The van der Waals surface area contributed by atoms with Gasteiger partial charge in [0.15, 0.2) is 0 Å². The lowest BCUT2D eigenvalue weighted by atomic mass is 10.0. The summed E-state index contributed by atoms with van der Waals surface area (Å²) in [4.78, 5) is 10.1. The number of nitrogens with one attached hydrogen (secondary N) is 1. The zero-order valence-corrected chi connectivity index (χ0v) is 12.4. The highest BCUT2D eigenvalue weighted by Gasteiger charge is 2.33. The Morgan fingerprint density at radius 3 is 2.62 bits per heavy atom. The molecule has 1 atom stereocenters. The van der Waals surface area contributed by atoms with Crippen molar-refractivity contribution < 1.29 is 27.6 Å². The van der Waals surface area contributed by atoms with Crippen LogP contribution in [0.5, 0.6) is 0 Å². The second kappa shape index (κ2) is 7.35.